The quantitative estimate of drug-likeness (QED) is 0.458. The summed E-state index contributed by atoms with van der Waals surface area (Å²) < 4.78 is 82.9. The number of ether oxygens (including phenoxy) is 1. The largest absolute Gasteiger partial charge is 0.481 e. The highest BCUT2D eigenvalue weighted by Crippen LogP contribution is 2.37. The summed E-state index contributed by atoms with van der Waals surface area (Å²) in [6, 6.07) is 7.56. The normalized spacial score (nSPS) is 14.6. The second-order valence-electron chi connectivity index (χ2n) is 8.29. The second-order valence-corrected chi connectivity index (χ2v) is 8.29. The molecule has 1 aliphatic rings. The van der Waals surface area contributed by atoms with Gasteiger partial charge in [-0.1, -0.05) is 24.3 Å². The Labute approximate surface area is 207 Å². The molecule has 3 aromatic rings. The molecule has 3 heterocycles. The lowest BCUT2D eigenvalue weighted by Gasteiger charge is -2.34. The lowest BCUT2D eigenvalue weighted by molar-refractivity contribution is -0.139. The summed E-state index contributed by atoms with van der Waals surface area (Å²) in [5.41, 5.74) is -0.626. The van der Waals surface area contributed by atoms with E-state index in [-0.39, 0.29) is 23.8 Å². The minimum Gasteiger partial charge on any atom is -0.481 e. The van der Waals surface area contributed by atoms with Gasteiger partial charge in [0.2, 0.25) is 17.7 Å². The average Bonchev–Trinajstić information content (AvgIpc) is 2.87. The summed E-state index contributed by atoms with van der Waals surface area (Å²) in [5.74, 6) is -0.559. The Morgan fingerprint density at radius 1 is 0.892 bits per heavy atom. The third-order valence-corrected chi connectivity index (χ3v) is 5.85. The number of hydrogen-bond donors (Lipinski definition) is 0. The fourth-order valence-corrected chi connectivity index (χ4v) is 3.91. The van der Waals surface area contributed by atoms with Crippen LogP contribution in [0, 0.1) is 0 Å². The van der Waals surface area contributed by atoms with E-state index in [0.29, 0.717) is 37.3 Å². The van der Waals surface area contributed by atoms with Gasteiger partial charge in [-0.25, -0.2) is 15.0 Å². The molecule has 0 bridgehead atoms. The molecule has 0 unspecified atom stereocenters. The molecule has 13 heteroatoms. The Morgan fingerprint density at radius 2 is 1.57 bits per heavy atom. The van der Waals surface area contributed by atoms with Crippen molar-refractivity contribution in [3.8, 4) is 17.0 Å². The number of carbonyl (C=O) groups excluding carboxylic acids is 1. The predicted octanol–water partition coefficient (Wildman–Crippen LogP) is 4.48. The Bertz CT molecular complexity index is 1260. The summed E-state index contributed by atoms with van der Waals surface area (Å²) in [4.78, 5) is 27.5. The van der Waals surface area contributed by atoms with Crippen LogP contribution in [0.5, 0.6) is 5.88 Å². The highest BCUT2D eigenvalue weighted by Gasteiger charge is 2.36. The van der Waals surface area contributed by atoms with E-state index in [1.807, 2.05) is 0 Å². The summed E-state index contributed by atoms with van der Waals surface area (Å²) in [6.07, 6.45) is -6.41. The number of amides is 1. The maximum atomic E-state index is 13.4. The zero-order valence-corrected chi connectivity index (χ0v) is 19.5. The molecule has 7 nitrogen and oxygen atoms in total. The van der Waals surface area contributed by atoms with Crippen LogP contribution in [0.2, 0.25) is 0 Å². The number of carbonyl (C=O) groups is 1. The fourth-order valence-electron chi connectivity index (χ4n) is 3.91. The van der Waals surface area contributed by atoms with Crippen LogP contribution in [0.4, 0.5) is 32.3 Å². The molecule has 0 N–H and O–H groups in total. The summed E-state index contributed by atoms with van der Waals surface area (Å²) in [7, 11) is 1.11. The third-order valence-electron chi connectivity index (χ3n) is 5.85. The van der Waals surface area contributed by atoms with Gasteiger partial charge in [-0.2, -0.15) is 26.3 Å². The molecule has 0 spiro atoms. The van der Waals surface area contributed by atoms with Crippen molar-refractivity contribution in [1.29, 1.82) is 0 Å². The van der Waals surface area contributed by atoms with Gasteiger partial charge in [-0.3, -0.25) is 4.79 Å². The lowest BCUT2D eigenvalue weighted by atomic mass is 10.0. The number of aromatic nitrogens is 3. The SMILES string of the molecule is COc1ncc(-c2cccc(CC(=O)N3CCN(c4ncc(C(F)(F)F)cn4)CC3)c2)cc1C(F)(F)F. The van der Waals surface area contributed by atoms with Crippen molar-refractivity contribution in [2.45, 2.75) is 18.8 Å². The van der Waals surface area contributed by atoms with Crippen LogP contribution in [-0.4, -0.2) is 59.0 Å². The first-order valence-corrected chi connectivity index (χ1v) is 11.1. The van der Waals surface area contributed by atoms with Crippen LogP contribution in [0.25, 0.3) is 11.1 Å². The van der Waals surface area contributed by atoms with Crippen LogP contribution in [0.1, 0.15) is 16.7 Å². The Balaban J connectivity index is 1.40. The predicted molar refractivity (Wildman–Crippen MR) is 121 cm³/mol. The molecule has 196 valence electrons. The highest BCUT2D eigenvalue weighted by molar-refractivity contribution is 5.79. The number of methoxy groups -OCH3 is 1. The van der Waals surface area contributed by atoms with Gasteiger partial charge in [-0.15, -0.1) is 0 Å². The summed E-state index contributed by atoms with van der Waals surface area (Å²) in [6.45, 7) is 1.32. The van der Waals surface area contributed by atoms with Crippen LogP contribution < -0.4 is 9.64 Å². The molecule has 0 radical (unpaired) electrons. The molecule has 0 atom stereocenters. The molecular weight excluding hydrogens is 504 g/mol. The minimum absolute atomic E-state index is 0.0281. The first-order chi connectivity index (χ1) is 17.5. The number of pyridine rings is 1. The topological polar surface area (TPSA) is 71.5 Å². The van der Waals surface area contributed by atoms with Gasteiger partial charge in [0.25, 0.3) is 0 Å². The molecule has 37 heavy (non-hydrogen) atoms. The van der Waals surface area contributed by atoms with Crippen LogP contribution in [0.15, 0.2) is 48.9 Å². The number of hydrogen-bond acceptors (Lipinski definition) is 6. The van der Waals surface area contributed by atoms with Gasteiger partial charge >= 0.3 is 12.4 Å². The zero-order valence-electron chi connectivity index (χ0n) is 19.5. The Hall–Kier alpha value is -3.90. The van der Waals surface area contributed by atoms with Gasteiger partial charge in [0, 0.05) is 50.3 Å². The van der Waals surface area contributed by atoms with Crippen molar-refractivity contribution in [2.75, 3.05) is 38.2 Å². The van der Waals surface area contributed by atoms with Crippen molar-refractivity contribution in [3.63, 3.8) is 0 Å². The van der Waals surface area contributed by atoms with E-state index in [2.05, 4.69) is 15.0 Å². The van der Waals surface area contributed by atoms with E-state index in [1.165, 1.54) is 6.20 Å². The summed E-state index contributed by atoms with van der Waals surface area (Å²) in [5, 5.41) is 0. The van der Waals surface area contributed by atoms with Crippen LogP contribution in [0.3, 0.4) is 0 Å². The fraction of sp³-hybridized carbons (Fsp3) is 0.333. The maximum absolute atomic E-state index is 13.4. The molecule has 1 aliphatic heterocycles. The number of piperazine rings is 1. The van der Waals surface area contributed by atoms with E-state index in [9.17, 15) is 31.1 Å². The highest BCUT2D eigenvalue weighted by atomic mass is 19.4. The van der Waals surface area contributed by atoms with Crippen molar-refractivity contribution >= 4 is 11.9 Å². The van der Waals surface area contributed by atoms with Crippen molar-refractivity contribution < 1.29 is 35.9 Å². The van der Waals surface area contributed by atoms with Gasteiger partial charge in [0.15, 0.2) is 0 Å². The van der Waals surface area contributed by atoms with E-state index in [4.69, 9.17) is 4.74 Å². The van der Waals surface area contributed by atoms with E-state index < -0.39 is 29.4 Å². The number of rotatable bonds is 5. The van der Waals surface area contributed by atoms with Crippen LogP contribution in [-0.2, 0) is 23.6 Å². The second kappa shape index (κ2) is 10.2. The third kappa shape index (κ3) is 6.09. The number of nitrogens with zero attached hydrogens (tertiary/aromatic N) is 5. The van der Waals surface area contributed by atoms with Gasteiger partial charge in [-0.05, 0) is 17.2 Å². The monoisotopic (exact) mass is 525 g/mol. The maximum Gasteiger partial charge on any atom is 0.421 e. The Kier molecular flexibility index (Phi) is 7.23. The lowest BCUT2D eigenvalue weighted by Crippen LogP contribution is -2.49. The van der Waals surface area contributed by atoms with Gasteiger partial charge in [0.1, 0.15) is 5.56 Å². The molecule has 1 saturated heterocycles. The molecule has 4 rings (SSSR count). The van der Waals surface area contributed by atoms with Crippen molar-refractivity contribution in [1.82, 2.24) is 19.9 Å². The number of benzene rings is 1. The first kappa shape index (κ1) is 26.2. The molecule has 1 amide bonds. The smallest absolute Gasteiger partial charge is 0.421 e. The van der Waals surface area contributed by atoms with Crippen molar-refractivity contribution in [3.05, 3.63) is 65.6 Å². The summed E-state index contributed by atoms with van der Waals surface area (Å²) >= 11 is 0. The molecule has 1 fully saturated rings. The van der Waals surface area contributed by atoms with Gasteiger partial charge < -0.3 is 14.5 Å². The molecular formula is C24H21F6N5O2. The number of halogens is 6. The average molecular weight is 525 g/mol. The van der Waals surface area contributed by atoms with Crippen molar-refractivity contribution in [2.24, 2.45) is 0 Å². The van der Waals surface area contributed by atoms with Crippen LogP contribution >= 0.6 is 0 Å². The number of alkyl halides is 6. The Morgan fingerprint density at radius 3 is 2.16 bits per heavy atom. The molecule has 0 saturated carbocycles. The molecule has 2 aromatic heterocycles. The van der Waals surface area contributed by atoms with E-state index in [1.54, 1.807) is 34.1 Å². The first-order valence-electron chi connectivity index (χ1n) is 11.1. The number of anilines is 1. The van der Waals surface area contributed by atoms with E-state index >= 15 is 0 Å². The van der Waals surface area contributed by atoms with Gasteiger partial charge in [0.05, 0.1) is 19.1 Å². The minimum atomic E-state index is -4.64. The van der Waals surface area contributed by atoms with E-state index in [0.717, 1.165) is 25.6 Å². The molecule has 1 aromatic carbocycles. The standard InChI is InChI=1S/C24H21F6N5O2/c1-37-21-19(24(28,29)30)11-17(12-31-21)16-4-2-3-15(9-16)10-20(36)34-5-7-35(8-6-34)22-32-13-18(14-33-22)23(25,26)27/h2-4,9,11-14H,5-8,10H2,1H3. The molecule has 0 aliphatic carbocycles. The zero-order chi connectivity index (χ0) is 26.8.